The molecule has 0 fully saturated rings. The van der Waals surface area contributed by atoms with Crippen LogP contribution in [0.15, 0.2) is 48.5 Å². The molecule has 3 atom stereocenters. The zero-order valence-electron chi connectivity index (χ0n) is 16.7. The first-order valence-corrected chi connectivity index (χ1v) is 9.52. The number of methoxy groups -OCH3 is 1. The molecule has 3 unspecified atom stereocenters. The summed E-state index contributed by atoms with van der Waals surface area (Å²) in [7, 11) is 1.49. The second-order valence-corrected chi connectivity index (χ2v) is 7.20. The second-order valence-electron chi connectivity index (χ2n) is 7.20. The highest BCUT2D eigenvalue weighted by Crippen LogP contribution is 2.32. The monoisotopic (exact) mass is 381 g/mol. The van der Waals surface area contributed by atoms with Gasteiger partial charge >= 0.3 is 0 Å². The van der Waals surface area contributed by atoms with Gasteiger partial charge in [-0.2, -0.15) is 0 Å². The first-order valence-electron chi connectivity index (χ1n) is 9.52. The molecule has 2 aromatic rings. The number of rotatable bonds is 6. The number of carbonyl (C=O) groups excluding carboxylic acids is 2. The lowest BCUT2D eigenvalue weighted by Gasteiger charge is -2.27. The van der Waals surface area contributed by atoms with E-state index in [2.05, 4.69) is 23.6 Å². The van der Waals surface area contributed by atoms with Gasteiger partial charge in [0, 0.05) is 30.2 Å². The van der Waals surface area contributed by atoms with Crippen molar-refractivity contribution in [2.24, 2.45) is 0 Å². The molecule has 148 valence electrons. The van der Waals surface area contributed by atoms with Crippen molar-refractivity contribution in [3.8, 4) is 0 Å². The average Bonchev–Trinajstić information content (AvgIpc) is 3.02. The first kappa shape index (κ1) is 19.9. The number of nitrogens with one attached hydrogen (secondary N) is 2. The van der Waals surface area contributed by atoms with Gasteiger partial charge in [0.15, 0.2) is 0 Å². The number of amides is 2. The Morgan fingerprint density at radius 2 is 1.82 bits per heavy atom. The Kier molecular flexibility index (Phi) is 5.99. The van der Waals surface area contributed by atoms with Crippen LogP contribution in [0.4, 0.5) is 17.1 Å². The topological polar surface area (TPSA) is 70.7 Å². The fraction of sp³-hybridized carbons (Fsp3) is 0.364. The van der Waals surface area contributed by atoms with Crippen molar-refractivity contribution >= 4 is 28.9 Å². The van der Waals surface area contributed by atoms with Crippen molar-refractivity contribution in [1.82, 2.24) is 0 Å². The number of nitrogens with zero attached hydrogens (tertiary/aromatic N) is 1. The maximum atomic E-state index is 13.1. The highest BCUT2D eigenvalue weighted by Gasteiger charge is 2.33. The summed E-state index contributed by atoms with van der Waals surface area (Å²) in [5, 5.41) is 6.06. The molecule has 1 heterocycles. The molecule has 3 rings (SSSR count). The van der Waals surface area contributed by atoms with Crippen molar-refractivity contribution in [2.45, 2.75) is 45.4 Å². The normalized spacial score (nSPS) is 17.6. The lowest BCUT2D eigenvalue weighted by Crippen LogP contribution is -2.44. The summed E-state index contributed by atoms with van der Waals surface area (Å²) >= 11 is 0. The Morgan fingerprint density at radius 3 is 2.57 bits per heavy atom. The lowest BCUT2D eigenvalue weighted by atomic mass is 10.1. The minimum absolute atomic E-state index is 0.0277. The van der Waals surface area contributed by atoms with Crippen LogP contribution in [0.25, 0.3) is 0 Å². The standard InChI is InChI=1S/C22H27N3O3/c1-14-12-17-8-5-6-11-20(17)25(14)22(27)15(2)23-18-9-7-10-19(13-18)24-21(26)16(3)28-4/h5-11,13-16,23H,12H2,1-4H3,(H,24,26). The zero-order valence-corrected chi connectivity index (χ0v) is 16.7. The van der Waals surface area contributed by atoms with Gasteiger partial charge in [-0.3, -0.25) is 9.59 Å². The molecule has 6 nitrogen and oxygen atoms in total. The molecule has 2 amide bonds. The van der Waals surface area contributed by atoms with Crippen LogP contribution in [0.2, 0.25) is 0 Å². The van der Waals surface area contributed by atoms with Gasteiger partial charge in [-0.15, -0.1) is 0 Å². The van der Waals surface area contributed by atoms with Crippen LogP contribution in [0, 0.1) is 0 Å². The Morgan fingerprint density at radius 1 is 1.11 bits per heavy atom. The van der Waals surface area contributed by atoms with E-state index in [1.807, 2.05) is 48.2 Å². The fourth-order valence-electron chi connectivity index (χ4n) is 3.46. The van der Waals surface area contributed by atoms with Gasteiger partial charge < -0.3 is 20.3 Å². The molecule has 0 bridgehead atoms. The Labute approximate surface area is 165 Å². The summed E-state index contributed by atoms with van der Waals surface area (Å²) in [5.74, 6) is -0.189. The van der Waals surface area contributed by atoms with E-state index < -0.39 is 12.1 Å². The van der Waals surface area contributed by atoms with Crippen molar-refractivity contribution in [1.29, 1.82) is 0 Å². The van der Waals surface area contributed by atoms with E-state index in [4.69, 9.17) is 4.74 Å². The van der Waals surface area contributed by atoms with Crippen LogP contribution in [-0.2, 0) is 20.7 Å². The lowest BCUT2D eigenvalue weighted by molar-refractivity contribution is -0.124. The number of benzene rings is 2. The molecular formula is C22H27N3O3. The Balaban J connectivity index is 1.69. The molecule has 0 aliphatic carbocycles. The number of anilines is 3. The van der Waals surface area contributed by atoms with Crippen molar-refractivity contribution in [2.75, 3.05) is 22.6 Å². The highest BCUT2D eigenvalue weighted by atomic mass is 16.5. The van der Waals surface area contributed by atoms with Crippen molar-refractivity contribution < 1.29 is 14.3 Å². The Hall–Kier alpha value is -2.86. The molecule has 28 heavy (non-hydrogen) atoms. The molecule has 2 N–H and O–H groups in total. The van der Waals surface area contributed by atoms with Gasteiger partial charge in [0.05, 0.1) is 0 Å². The van der Waals surface area contributed by atoms with Crippen LogP contribution in [0.3, 0.4) is 0 Å². The van der Waals surface area contributed by atoms with Crippen molar-refractivity contribution in [3.05, 3.63) is 54.1 Å². The molecule has 1 aliphatic rings. The fourth-order valence-corrected chi connectivity index (χ4v) is 3.46. The number of hydrogen-bond donors (Lipinski definition) is 2. The van der Waals surface area contributed by atoms with Crippen molar-refractivity contribution in [3.63, 3.8) is 0 Å². The van der Waals surface area contributed by atoms with Crippen LogP contribution in [0.1, 0.15) is 26.3 Å². The number of carbonyl (C=O) groups is 2. The summed E-state index contributed by atoms with van der Waals surface area (Å²) in [6.45, 7) is 5.61. The van der Waals surface area contributed by atoms with Gasteiger partial charge in [0.25, 0.3) is 5.91 Å². The Bertz CT molecular complexity index is 868. The third-order valence-electron chi connectivity index (χ3n) is 5.05. The van der Waals surface area contributed by atoms with E-state index in [-0.39, 0.29) is 17.9 Å². The molecule has 6 heteroatoms. The van der Waals surface area contributed by atoms with Gasteiger partial charge in [-0.1, -0.05) is 24.3 Å². The van der Waals surface area contributed by atoms with E-state index in [1.54, 1.807) is 13.0 Å². The molecule has 0 aromatic heterocycles. The third-order valence-corrected chi connectivity index (χ3v) is 5.05. The minimum Gasteiger partial charge on any atom is -0.374 e. The quantitative estimate of drug-likeness (QED) is 0.804. The number of para-hydroxylation sites is 1. The van der Waals surface area contributed by atoms with E-state index in [1.165, 1.54) is 12.7 Å². The van der Waals surface area contributed by atoms with Crippen LogP contribution < -0.4 is 15.5 Å². The maximum Gasteiger partial charge on any atom is 0.253 e. The van der Waals surface area contributed by atoms with Gasteiger partial charge in [-0.05, 0) is 57.0 Å². The summed E-state index contributed by atoms with van der Waals surface area (Å²) in [5.41, 5.74) is 3.61. The number of ether oxygens (including phenoxy) is 1. The van der Waals surface area contributed by atoms with Crippen LogP contribution >= 0.6 is 0 Å². The second kappa shape index (κ2) is 8.44. The largest absolute Gasteiger partial charge is 0.374 e. The maximum absolute atomic E-state index is 13.1. The van der Waals surface area contributed by atoms with Crippen LogP contribution in [-0.4, -0.2) is 37.1 Å². The molecule has 0 radical (unpaired) electrons. The third kappa shape index (κ3) is 4.17. The van der Waals surface area contributed by atoms with Gasteiger partial charge in [0.1, 0.15) is 12.1 Å². The van der Waals surface area contributed by atoms with E-state index in [0.717, 1.165) is 17.8 Å². The summed E-state index contributed by atoms with van der Waals surface area (Å²) in [4.78, 5) is 27.0. The number of hydrogen-bond acceptors (Lipinski definition) is 4. The average molecular weight is 381 g/mol. The van der Waals surface area contributed by atoms with Gasteiger partial charge in [0.2, 0.25) is 5.91 Å². The molecular weight excluding hydrogens is 354 g/mol. The summed E-state index contributed by atoms with van der Waals surface area (Å²) in [6.07, 6.45) is 0.335. The molecule has 0 saturated carbocycles. The van der Waals surface area contributed by atoms with E-state index in [9.17, 15) is 9.59 Å². The molecule has 0 saturated heterocycles. The summed E-state index contributed by atoms with van der Waals surface area (Å²) in [6, 6.07) is 15.1. The smallest absolute Gasteiger partial charge is 0.253 e. The molecule has 0 spiro atoms. The van der Waals surface area contributed by atoms with Gasteiger partial charge in [-0.25, -0.2) is 0 Å². The number of fused-ring (bicyclic) bond motifs is 1. The SMILES string of the molecule is COC(C)C(=O)Nc1cccc(NC(C)C(=O)N2c3ccccc3CC2C)c1. The van der Waals surface area contributed by atoms with E-state index in [0.29, 0.717) is 5.69 Å². The van der Waals surface area contributed by atoms with E-state index >= 15 is 0 Å². The predicted octanol–water partition coefficient (Wildman–Crippen LogP) is 3.44. The highest BCUT2D eigenvalue weighted by molar-refractivity contribution is 6.01. The molecule has 1 aliphatic heterocycles. The molecule has 2 aromatic carbocycles. The minimum atomic E-state index is -0.533. The predicted molar refractivity (Wildman–Crippen MR) is 112 cm³/mol. The summed E-state index contributed by atoms with van der Waals surface area (Å²) < 4.78 is 5.03. The zero-order chi connectivity index (χ0) is 20.3. The first-order chi connectivity index (χ1) is 13.4. The van der Waals surface area contributed by atoms with Crippen LogP contribution in [0.5, 0.6) is 0 Å².